The fourth-order valence-corrected chi connectivity index (χ4v) is 2.44. The molecule has 0 aliphatic carbocycles. The molecule has 0 saturated heterocycles. The fourth-order valence-electron chi connectivity index (χ4n) is 2.44. The minimum Gasteiger partial charge on any atom is -0.508 e. The van der Waals surface area contributed by atoms with Gasteiger partial charge in [-0.3, -0.25) is 4.79 Å². The highest BCUT2D eigenvalue weighted by atomic mass is 16.5. The topological polar surface area (TPSA) is 66.8 Å². The Balaban J connectivity index is 2.68. The van der Waals surface area contributed by atoms with Crippen molar-refractivity contribution in [2.24, 2.45) is 5.92 Å². The van der Waals surface area contributed by atoms with Crippen molar-refractivity contribution >= 4 is 5.78 Å². The third-order valence-corrected chi connectivity index (χ3v) is 4.13. The maximum Gasteiger partial charge on any atom is 0.173 e. The van der Waals surface area contributed by atoms with Gasteiger partial charge in [-0.25, -0.2) is 0 Å². The number of aromatic hydroxyl groups is 2. The minimum atomic E-state index is -0.215. The van der Waals surface area contributed by atoms with Gasteiger partial charge in [0.1, 0.15) is 22.8 Å². The lowest BCUT2D eigenvalue weighted by Crippen LogP contribution is -2.13. The molecule has 0 radical (unpaired) electrons. The highest BCUT2D eigenvalue weighted by Crippen LogP contribution is 2.35. The number of hydrogen-bond donors (Lipinski definition) is 2. The summed E-state index contributed by atoms with van der Waals surface area (Å²) in [4.78, 5) is 12.4. The third-order valence-electron chi connectivity index (χ3n) is 4.13. The van der Waals surface area contributed by atoms with Gasteiger partial charge in [-0.05, 0) is 12.8 Å². The Morgan fingerprint density at radius 1 is 1.09 bits per heavy atom. The van der Waals surface area contributed by atoms with Crippen LogP contribution in [0.5, 0.6) is 17.2 Å². The quantitative estimate of drug-likeness (QED) is 0.441. The molecule has 0 aromatic heterocycles. The molecule has 4 heteroatoms. The first-order valence-electron chi connectivity index (χ1n) is 8.74. The van der Waals surface area contributed by atoms with Crippen LogP contribution in [0.1, 0.15) is 76.1 Å². The molecule has 0 bridgehead atoms. The lowest BCUT2D eigenvalue weighted by atomic mass is 9.95. The molecule has 130 valence electrons. The van der Waals surface area contributed by atoms with Gasteiger partial charge in [-0.15, -0.1) is 0 Å². The van der Waals surface area contributed by atoms with Gasteiger partial charge >= 0.3 is 0 Å². The average Bonchev–Trinajstić information content (AvgIpc) is 2.52. The molecule has 0 unspecified atom stereocenters. The Morgan fingerprint density at radius 3 is 2.39 bits per heavy atom. The number of benzene rings is 1. The highest BCUT2D eigenvalue weighted by Gasteiger charge is 2.23. The second-order valence-electron chi connectivity index (χ2n) is 6.13. The standard InChI is InChI=1S/C19H30O4/c1-4-6-7-8-9-10-11-23-17-13-15(20)12-16(21)18(17)19(22)14(3)5-2/h12-14,20-21H,4-11H2,1-3H3/t14-/m0/s1. The SMILES string of the molecule is CCCCCCCCOc1cc(O)cc(O)c1C(=O)[C@@H](C)CC. The van der Waals surface area contributed by atoms with E-state index in [1.54, 1.807) is 0 Å². The van der Waals surface area contributed by atoms with Crippen molar-refractivity contribution in [2.45, 2.75) is 65.7 Å². The summed E-state index contributed by atoms with van der Waals surface area (Å²) in [6.07, 6.45) is 7.57. The van der Waals surface area contributed by atoms with E-state index in [9.17, 15) is 15.0 Å². The molecule has 0 spiro atoms. The molecule has 1 rings (SSSR count). The highest BCUT2D eigenvalue weighted by molar-refractivity contribution is 6.02. The smallest absolute Gasteiger partial charge is 0.173 e. The summed E-state index contributed by atoms with van der Waals surface area (Å²) in [6, 6.07) is 2.60. The second kappa shape index (κ2) is 10.1. The summed E-state index contributed by atoms with van der Waals surface area (Å²) in [5, 5.41) is 19.7. The van der Waals surface area contributed by atoms with Crippen LogP contribution in [-0.4, -0.2) is 22.6 Å². The maximum absolute atomic E-state index is 12.4. The third kappa shape index (κ3) is 6.12. The van der Waals surface area contributed by atoms with E-state index in [-0.39, 0.29) is 34.5 Å². The van der Waals surface area contributed by atoms with E-state index in [4.69, 9.17) is 4.74 Å². The van der Waals surface area contributed by atoms with Crippen molar-refractivity contribution in [1.82, 2.24) is 0 Å². The zero-order valence-electron chi connectivity index (χ0n) is 14.6. The Hall–Kier alpha value is -1.71. The second-order valence-corrected chi connectivity index (χ2v) is 6.13. The zero-order valence-corrected chi connectivity index (χ0v) is 14.6. The normalized spacial score (nSPS) is 12.1. The summed E-state index contributed by atoms with van der Waals surface area (Å²) in [6.45, 7) is 6.42. The van der Waals surface area contributed by atoms with Crippen molar-refractivity contribution in [3.63, 3.8) is 0 Å². The van der Waals surface area contributed by atoms with Crippen LogP contribution in [0.2, 0.25) is 0 Å². The molecule has 0 heterocycles. The summed E-state index contributed by atoms with van der Waals surface area (Å²) >= 11 is 0. The molecule has 0 aliphatic rings. The predicted molar refractivity (Wildman–Crippen MR) is 92.4 cm³/mol. The van der Waals surface area contributed by atoms with E-state index in [1.807, 2.05) is 13.8 Å². The summed E-state index contributed by atoms with van der Waals surface area (Å²) in [5.74, 6) is -0.375. The van der Waals surface area contributed by atoms with Crippen LogP contribution in [0.4, 0.5) is 0 Å². The van der Waals surface area contributed by atoms with Gasteiger partial charge in [0, 0.05) is 18.1 Å². The van der Waals surface area contributed by atoms with Crippen LogP contribution in [0, 0.1) is 5.92 Å². The van der Waals surface area contributed by atoms with Crippen LogP contribution >= 0.6 is 0 Å². The van der Waals surface area contributed by atoms with Crippen LogP contribution in [0.3, 0.4) is 0 Å². The Bertz CT molecular complexity index is 496. The molecule has 23 heavy (non-hydrogen) atoms. The van der Waals surface area contributed by atoms with Crippen molar-refractivity contribution in [3.05, 3.63) is 17.7 Å². The molecule has 0 amide bonds. The van der Waals surface area contributed by atoms with Crippen molar-refractivity contribution in [2.75, 3.05) is 6.61 Å². The van der Waals surface area contributed by atoms with Crippen LogP contribution < -0.4 is 4.74 Å². The molecule has 4 nitrogen and oxygen atoms in total. The number of rotatable bonds is 11. The molecule has 2 N–H and O–H groups in total. The largest absolute Gasteiger partial charge is 0.508 e. The molecule has 1 aromatic carbocycles. The van der Waals surface area contributed by atoms with Gasteiger partial charge in [0.05, 0.1) is 6.61 Å². The monoisotopic (exact) mass is 322 g/mol. The predicted octanol–water partition coefficient (Wildman–Crippen LogP) is 5.07. The van der Waals surface area contributed by atoms with Crippen molar-refractivity contribution < 1.29 is 19.7 Å². The van der Waals surface area contributed by atoms with Crippen LogP contribution in [0.25, 0.3) is 0 Å². The lowest BCUT2D eigenvalue weighted by Gasteiger charge is -2.15. The van der Waals surface area contributed by atoms with Gasteiger partial charge in [-0.1, -0.05) is 52.9 Å². The first-order chi connectivity index (χ1) is 11.0. The number of Topliss-reactive ketones (excluding diaryl/α,β-unsaturated/α-hetero) is 1. The van der Waals surface area contributed by atoms with E-state index >= 15 is 0 Å². The molecule has 1 aromatic rings. The van der Waals surface area contributed by atoms with E-state index in [1.165, 1.54) is 37.8 Å². The van der Waals surface area contributed by atoms with E-state index in [2.05, 4.69) is 6.92 Å². The van der Waals surface area contributed by atoms with Gasteiger partial charge in [0.15, 0.2) is 5.78 Å². The number of phenols is 2. The van der Waals surface area contributed by atoms with Crippen LogP contribution in [-0.2, 0) is 0 Å². The number of unbranched alkanes of at least 4 members (excludes halogenated alkanes) is 5. The molecule has 1 atom stereocenters. The van der Waals surface area contributed by atoms with Crippen molar-refractivity contribution in [1.29, 1.82) is 0 Å². The summed E-state index contributed by atoms with van der Waals surface area (Å²) in [5.41, 5.74) is 0.183. The van der Waals surface area contributed by atoms with Crippen molar-refractivity contribution in [3.8, 4) is 17.2 Å². The maximum atomic E-state index is 12.4. The number of ketones is 1. The molecular weight excluding hydrogens is 292 g/mol. The van der Waals surface area contributed by atoms with Gasteiger partial charge in [0.25, 0.3) is 0 Å². The average molecular weight is 322 g/mol. The van der Waals surface area contributed by atoms with Gasteiger partial charge in [0.2, 0.25) is 0 Å². The lowest BCUT2D eigenvalue weighted by molar-refractivity contribution is 0.0920. The number of ether oxygens (including phenoxy) is 1. The van der Waals surface area contributed by atoms with Gasteiger partial charge in [-0.2, -0.15) is 0 Å². The summed E-state index contributed by atoms with van der Waals surface area (Å²) in [7, 11) is 0. The number of hydrogen-bond acceptors (Lipinski definition) is 4. The van der Waals surface area contributed by atoms with E-state index in [0.29, 0.717) is 13.0 Å². The Kier molecular flexibility index (Phi) is 8.52. The number of phenolic OH excluding ortho intramolecular Hbond substituents is 2. The Morgan fingerprint density at radius 2 is 1.74 bits per heavy atom. The minimum absolute atomic E-state index is 0.0962. The number of carbonyl (C=O) groups is 1. The van der Waals surface area contributed by atoms with E-state index in [0.717, 1.165) is 12.8 Å². The first kappa shape index (κ1) is 19.3. The van der Waals surface area contributed by atoms with E-state index < -0.39 is 0 Å². The number of carbonyl (C=O) groups excluding carboxylic acids is 1. The van der Waals surface area contributed by atoms with Gasteiger partial charge < -0.3 is 14.9 Å². The molecule has 0 saturated carbocycles. The summed E-state index contributed by atoms with van der Waals surface area (Å²) < 4.78 is 5.68. The van der Waals surface area contributed by atoms with Crippen LogP contribution in [0.15, 0.2) is 12.1 Å². The fraction of sp³-hybridized carbons (Fsp3) is 0.632. The zero-order chi connectivity index (χ0) is 17.2. The molecular formula is C19H30O4. The molecule has 0 aliphatic heterocycles. The molecule has 0 fully saturated rings. The first-order valence-corrected chi connectivity index (χ1v) is 8.74. The Labute approximate surface area is 139 Å².